The standard InChI is InChI=1S/C19H27N5O4/c1-13(2)8-16-10-17(22-28-16)19(26)20-5-4-15-12-24(6-7-27-15)14-9-18(25)23(3)21-11-14/h9-11,13,15H,4-8,12H2,1-3H3,(H,20,26). The van der Waals surface area contributed by atoms with E-state index in [9.17, 15) is 9.59 Å². The molecule has 0 radical (unpaired) electrons. The van der Waals surface area contributed by atoms with Crippen molar-refractivity contribution >= 4 is 11.6 Å². The van der Waals surface area contributed by atoms with Crippen molar-refractivity contribution in [2.45, 2.75) is 32.8 Å². The molecule has 3 heterocycles. The molecule has 0 aliphatic carbocycles. The minimum Gasteiger partial charge on any atom is -0.374 e. The van der Waals surface area contributed by atoms with Gasteiger partial charge in [0.2, 0.25) is 0 Å². The van der Waals surface area contributed by atoms with Crippen molar-refractivity contribution in [3.63, 3.8) is 0 Å². The second kappa shape index (κ2) is 9.01. The monoisotopic (exact) mass is 389 g/mol. The Kier molecular flexibility index (Phi) is 6.45. The van der Waals surface area contributed by atoms with Gasteiger partial charge in [-0.2, -0.15) is 5.10 Å². The molecule has 1 atom stereocenters. The van der Waals surface area contributed by atoms with Crippen LogP contribution in [0.3, 0.4) is 0 Å². The zero-order valence-corrected chi connectivity index (χ0v) is 16.6. The molecule has 1 N–H and O–H groups in total. The first-order valence-corrected chi connectivity index (χ1v) is 9.56. The summed E-state index contributed by atoms with van der Waals surface area (Å²) in [6.07, 6.45) is 3.07. The van der Waals surface area contributed by atoms with E-state index in [2.05, 4.69) is 34.3 Å². The number of rotatable bonds is 7. The minimum atomic E-state index is -0.248. The highest BCUT2D eigenvalue weighted by atomic mass is 16.5. The van der Waals surface area contributed by atoms with Gasteiger partial charge in [-0.1, -0.05) is 19.0 Å². The molecule has 1 aliphatic rings. The minimum absolute atomic E-state index is 0.0353. The lowest BCUT2D eigenvalue weighted by atomic mass is 10.1. The van der Waals surface area contributed by atoms with Crippen LogP contribution in [0.25, 0.3) is 0 Å². The van der Waals surface area contributed by atoms with Gasteiger partial charge < -0.3 is 19.5 Å². The van der Waals surface area contributed by atoms with E-state index in [1.165, 1.54) is 4.68 Å². The van der Waals surface area contributed by atoms with Crippen LogP contribution < -0.4 is 15.8 Å². The van der Waals surface area contributed by atoms with Crippen LogP contribution in [0.5, 0.6) is 0 Å². The highest BCUT2D eigenvalue weighted by Crippen LogP contribution is 2.16. The zero-order valence-electron chi connectivity index (χ0n) is 16.6. The second-order valence-electron chi connectivity index (χ2n) is 7.44. The van der Waals surface area contributed by atoms with Crippen LogP contribution in [0.15, 0.2) is 27.6 Å². The van der Waals surface area contributed by atoms with Gasteiger partial charge in [-0.3, -0.25) is 9.59 Å². The maximum absolute atomic E-state index is 12.2. The van der Waals surface area contributed by atoms with Crippen molar-refractivity contribution in [1.82, 2.24) is 20.3 Å². The molecule has 1 fully saturated rings. The van der Waals surface area contributed by atoms with Crippen LogP contribution in [-0.2, 0) is 18.2 Å². The van der Waals surface area contributed by atoms with Gasteiger partial charge in [0.05, 0.1) is 24.6 Å². The number of ether oxygens (including phenoxy) is 1. The largest absolute Gasteiger partial charge is 0.374 e. The number of carbonyl (C=O) groups is 1. The fraction of sp³-hybridized carbons (Fsp3) is 0.579. The highest BCUT2D eigenvalue weighted by Gasteiger charge is 2.22. The molecule has 0 spiro atoms. The van der Waals surface area contributed by atoms with E-state index in [0.717, 1.165) is 12.1 Å². The Morgan fingerprint density at radius 1 is 1.39 bits per heavy atom. The van der Waals surface area contributed by atoms with Gasteiger partial charge in [-0.05, 0) is 12.3 Å². The van der Waals surface area contributed by atoms with Gasteiger partial charge in [-0.15, -0.1) is 0 Å². The number of aryl methyl sites for hydroxylation is 1. The van der Waals surface area contributed by atoms with Crippen LogP contribution in [-0.4, -0.2) is 53.2 Å². The zero-order chi connectivity index (χ0) is 20.1. The third kappa shape index (κ3) is 5.19. The maximum Gasteiger partial charge on any atom is 0.273 e. The van der Waals surface area contributed by atoms with E-state index in [1.54, 1.807) is 25.4 Å². The van der Waals surface area contributed by atoms with E-state index >= 15 is 0 Å². The second-order valence-corrected chi connectivity index (χ2v) is 7.44. The first-order chi connectivity index (χ1) is 13.4. The molecule has 1 amide bonds. The normalized spacial score (nSPS) is 17.1. The predicted octanol–water partition coefficient (Wildman–Crippen LogP) is 0.992. The van der Waals surface area contributed by atoms with Gasteiger partial charge in [0, 0.05) is 45.2 Å². The number of nitrogens with zero attached hydrogens (tertiary/aromatic N) is 4. The summed E-state index contributed by atoms with van der Waals surface area (Å²) in [5, 5.41) is 10.8. The molecule has 0 aromatic carbocycles. The number of anilines is 1. The third-order valence-corrected chi connectivity index (χ3v) is 4.61. The Bertz CT molecular complexity index is 860. The number of morpholine rings is 1. The van der Waals surface area contributed by atoms with Crippen LogP contribution in [0.1, 0.15) is 36.5 Å². The van der Waals surface area contributed by atoms with Gasteiger partial charge >= 0.3 is 0 Å². The Hall–Kier alpha value is -2.68. The lowest BCUT2D eigenvalue weighted by molar-refractivity contribution is 0.0353. The van der Waals surface area contributed by atoms with E-state index in [-0.39, 0.29) is 17.6 Å². The van der Waals surface area contributed by atoms with E-state index < -0.39 is 0 Å². The lowest BCUT2D eigenvalue weighted by Gasteiger charge is -2.34. The molecule has 2 aromatic heterocycles. The molecule has 9 nitrogen and oxygen atoms in total. The quantitative estimate of drug-likeness (QED) is 0.753. The molecular weight excluding hydrogens is 362 g/mol. The van der Waals surface area contributed by atoms with Crippen LogP contribution >= 0.6 is 0 Å². The van der Waals surface area contributed by atoms with Crippen molar-refractivity contribution in [2.24, 2.45) is 13.0 Å². The number of hydrogen-bond donors (Lipinski definition) is 1. The van der Waals surface area contributed by atoms with Gasteiger partial charge in [0.1, 0.15) is 5.76 Å². The first kappa shape index (κ1) is 20.1. The maximum atomic E-state index is 12.2. The Morgan fingerprint density at radius 3 is 2.96 bits per heavy atom. The lowest BCUT2D eigenvalue weighted by Crippen LogP contribution is -2.44. The predicted molar refractivity (Wildman–Crippen MR) is 103 cm³/mol. The molecule has 2 aromatic rings. The molecule has 1 unspecified atom stereocenters. The SMILES string of the molecule is CC(C)Cc1cc(C(=O)NCCC2CN(c3cnn(C)c(=O)c3)CCO2)no1. The van der Waals surface area contributed by atoms with Crippen molar-refractivity contribution < 1.29 is 14.1 Å². The summed E-state index contributed by atoms with van der Waals surface area (Å²) in [4.78, 5) is 26.1. The molecule has 0 bridgehead atoms. The van der Waals surface area contributed by atoms with Crippen LogP contribution in [0.4, 0.5) is 5.69 Å². The summed E-state index contributed by atoms with van der Waals surface area (Å²) >= 11 is 0. The molecule has 0 saturated carbocycles. The molecule has 28 heavy (non-hydrogen) atoms. The Labute approximate surface area is 163 Å². The van der Waals surface area contributed by atoms with Crippen LogP contribution in [0.2, 0.25) is 0 Å². The smallest absolute Gasteiger partial charge is 0.273 e. The van der Waals surface area contributed by atoms with E-state index in [4.69, 9.17) is 9.26 Å². The number of aromatic nitrogens is 3. The van der Waals surface area contributed by atoms with E-state index in [0.29, 0.717) is 50.0 Å². The van der Waals surface area contributed by atoms with Crippen molar-refractivity contribution in [3.8, 4) is 0 Å². The topological polar surface area (TPSA) is 102 Å². The summed E-state index contributed by atoms with van der Waals surface area (Å²) in [7, 11) is 1.62. The molecule has 152 valence electrons. The highest BCUT2D eigenvalue weighted by molar-refractivity contribution is 5.92. The number of hydrogen-bond acceptors (Lipinski definition) is 7. The van der Waals surface area contributed by atoms with Crippen LogP contribution in [0, 0.1) is 5.92 Å². The average Bonchev–Trinajstić information content (AvgIpc) is 3.12. The molecule has 1 aliphatic heterocycles. The number of nitrogens with one attached hydrogen (secondary N) is 1. The Balaban J connectivity index is 1.47. The summed E-state index contributed by atoms with van der Waals surface area (Å²) in [5.74, 6) is 0.909. The average molecular weight is 389 g/mol. The fourth-order valence-corrected chi connectivity index (χ4v) is 3.12. The summed E-state index contributed by atoms with van der Waals surface area (Å²) in [5.41, 5.74) is 0.950. The van der Waals surface area contributed by atoms with Crippen molar-refractivity contribution in [2.75, 3.05) is 31.1 Å². The molecular formula is C19H27N5O4. The van der Waals surface area contributed by atoms with Crippen molar-refractivity contribution in [3.05, 3.63) is 40.1 Å². The molecule has 9 heteroatoms. The summed E-state index contributed by atoms with van der Waals surface area (Å²) in [6.45, 7) is 6.55. The van der Waals surface area contributed by atoms with Crippen molar-refractivity contribution in [1.29, 1.82) is 0 Å². The van der Waals surface area contributed by atoms with Gasteiger partial charge in [-0.25, -0.2) is 4.68 Å². The number of carbonyl (C=O) groups excluding carboxylic acids is 1. The summed E-state index contributed by atoms with van der Waals surface area (Å²) in [6, 6.07) is 3.27. The fourth-order valence-electron chi connectivity index (χ4n) is 3.12. The van der Waals surface area contributed by atoms with E-state index in [1.807, 2.05) is 0 Å². The number of amides is 1. The molecule has 3 rings (SSSR count). The summed E-state index contributed by atoms with van der Waals surface area (Å²) < 4.78 is 12.3. The Morgan fingerprint density at radius 2 is 2.21 bits per heavy atom. The van der Waals surface area contributed by atoms with Gasteiger partial charge in [0.25, 0.3) is 11.5 Å². The first-order valence-electron chi connectivity index (χ1n) is 9.56. The third-order valence-electron chi connectivity index (χ3n) is 4.61. The van der Waals surface area contributed by atoms with Gasteiger partial charge in [0.15, 0.2) is 5.69 Å². The molecule has 1 saturated heterocycles.